The molecular formula is C11H9FN2OS. The van der Waals surface area contributed by atoms with Gasteiger partial charge in [-0.05, 0) is 18.4 Å². The molecule has 0 fully saturated rings. The number of rotatable bonds is 2. The maximum absolute atomic E-state index is 13.6. The van der Waals surface area contributed by atoms with Crippen LogP contribution in [0, 0.1) is 5.82 Å². The van der Waals surface area contributed by atoms with Gasteiger partial charge >= 0.3 is 0 Å². The van der Waals surface area contributed by atoms with Crippen molar-refractivity contribution in [2.24, 2.45) is 0 Å². The second-order valence-electron chi connectivity index (χ2n) is 3.06. The van der Waals surface area contributed by atoms with Crippen molar-refractivity contribution >= 4 is 11.8 Å². The largest absolute Gasteiger partial charge is 0.269 e. The van der Waals surface area contributed by atoms with Crippen molar-refractivity contribution in [2.45, 2.75) is 5.16 Å². The van der Waals surface area contributed by atoms with Crippen molar-refractivity contribution in [1.82, 2.24) is 9.55 Å². The molecule has 82 valence electrons. The number of hydrogen-bond acceptors (Lipinski definition) is 3. The first-order valence-electron chi connectivity index (χ1n) is 4.61. The van der Waals surface area contributed by atoms with Gasteiger partial charge in [0.15, 0.2) is 5.16 Å². The normalized spacial score (nSPS) is 10.4. The Morgan fingerprint density at radius 3 is 2.75 bits per heavy atom. The summed E-state index contributed by atoms with van der Waals surface area (Å²) in [6.45, 7) is 0. The molecule has 0 aliphatic rings. The molecule has 0 aliphatic heterocycles. The number of aromatic nitrogens is 2. The molecule has 0 aliphatic carbocycles. The monoisotopic (exact) mass is 236 g/mol. The zero-order valence-electron chi connectivity index (χ0n) is 8.55. The number of para-hydroxylation sites is 1. The molecule has 0 saturated heterocycles. The van der Waals surface area contributed by atoms with Gasteiger partial charge in [0.1, 0.15) is 5.82 Å². The SMILES string of the molecule is CSc1nccc(=O)n1-c1ccccc1F. The van der Waals surface area contributed by atoms with Crippen molar-refractivity contribution in [3.63, 3.8) is 0 Å². The Labute approximate surface area is 96.0 Å². The molecule has 0 amide bonds. The van der Waals surface area contributed by atoms with E-state index in [-0.39, 0.29) is 11.2 Å². The van der Waals surface area contributed by atoms with Crippen molar-refractivity contribution < 1.29 is 4.39 Å². The van der Waals surface area contributed by atoms with E-state index in [2.05, 4.69) is 4.98 Å². The van der Waals surface area contributed by atoms with Crippen LogP contribution in [0.2, 0.25) is 0 Å². The van der Waals surface area contributed by atoms with Gasteiger partial charge in [-0.1, -0.05) is 23.9 Å². The molecule has 2 rings (SSSR count). The van der Waals surface area contributed by atoms with Crippen molar-refractivity contribution in [3.8, 4) is 5.69 Å². The van der Waals surface area contributed by atoms with Crippen molar-refractivity contribution in [3.05, 3.63) is 52.7 Å². The highest BCUT2D eigenvalue weighted by atomic mass is 32.2. The Morgan fingerprint density at radius 2 is 2.06 bits per heavy atom. The predicted molar refractivity (Wildman–Crippen MR) is 61.6 cm³/mol. The first-order chi connectivity index (χ1) is 7.74. The summed E-state index contributed by atoms with van der Waals surface area (Å²) in [5.41, 5.74) is -0.0607. The van der Waals surface area contributed by atoms with Crippen LogP contribution < -0.4 is 5.56 Å². The van der Waals surface area contributed by atoms with Gasteiger partial charge in [-0.25, -0.2) is 9.37 Å². The molecule has 0 N–H and O–H groups in total. The van der Waals surface area contributed by atoms with Crippen molar-refractivity contribution in [2.75, 3.05) is 6.26 Å². The van der Waals surface area contributed by atoms with E-state index >= 15 is 0 Å². The molecule has 16 heavy (non-hydrogen) atoms. The number of halogens is 1. The lowest BCUT2D eigenvalue weighted by atomic mass is 10.3. The smallest absolute Gasteiger partial charge is 0.258 e. The number of thioether (sulfide) groups is 1. The van der Waals surface area contributed by atoms with E-state index in [9.17, 15) is 9.18 Å². The second kappa shape index (κ2) is 4.49. The maximum atomic E-state index is 13.6. The molecular weight excluding hydrogens is 227 g/mol. The zero-order valence-corrected chi connectivity index (χ0v) is 9.37. The lowest BCUT2D eigenvalue weighted by Gasteiger charge is -2.09. The fourth-order valence-electron chi connectivity index (χ4n) is 1.39. The summed E-state index contributed by atoms with van der Waals surface area (Å²) in [5.74, 6) is -0.437. The van der Waals surface area contributed by atoms with Gasteiger partial charge in [0.25, 0.3) is 5.56 Å². The highest BCUT2D eigenvalue weighted by molar-refractivity contribution is 7.98. The lowest BCUT2D eigenvalue weighted by Crippen LogP contribution is -2.20. The summed E-state index contributed by atoms with van der Waals surface area (Å²) in [5, 5.41) is 0.470. The van der Waals surface area contributed by atoms with Crippen LogP contribution >= 0.6 is 11.8 Å². The average molecular weight is 236 g/mol. The molecule has 1 heterocycles. The van der Waals surface area contributed by atoms with Crippen LogP contribution in [-0.4, -0.2) is 15.8 Å². The maximum Gasteiger partial charge on any atom is 0.258 e. The number of benzene rings is 1. The fraction of sp³-hybridized carbons (Fsp3) is 0.0909. The molecule has 0 atom stereocenters. The summed E-state index contributed by atoms with van der Waals surface area (Å²) in [6.07, 6.45) is 3.21. The molecule has 0 saturated carbocycles. The number of hydrogen-bond donors (Lipinski definition) is 0. The third-order valence-corrected chi connectivity index (χ3v) is 2.74. The molecule has 0 bridgehead atoms. The van der Waals surface area contributed by atoms with E-state index in [1.165, 1.54) is 34.7 Å². The molecule has 0 radical (unpaired) electrons. The molecule has 2 aromatic rings. The first kappa shape index (κ1) is 10.9. The van der Waals surface area contributed by atoms with Crippen LogP contribution in [0.4, 0.5) is 4.39 Å². The third kappa shape index (κ3) is 1.86. The van der Waals surface area contributed by atoms with Crippen LogP contribution in [0.3, 0.4) is 0 Å². The molecule has 0 spiro atoms. The van der Waals surface area contributed by atoms with Gasteiger partial charge in [-0.15, -0.1) is 0 Å². The minimum Gasteiger partial charge on any atom is -0.269 e. The van der Waals surface area contributed by atoms with Crippen LogP contribution in [0.25, 0.3) is 5.69 Å². The highest BCUT2D eigenvalue weighted by Crippen LogP contribution is 2.16. The van der Waals surface area contributed by atoms with Crippen LogP contribution in [-0.2, 0) is 0 Å². The fourth-order valence-corrected chi connectivity index (χ4v) is 1.93. The summed E-state index contributed by atoms with van der Waals surface area (Å²) < 4.78 is 14.8. The third-order valence-electron chi connectivity index (χ3n) is 2.09. The quantitative estimate of drug-likeness (QED) is 0.591. The molecule has 5 heteroatoms. The van der Waals surface area contributed by atoms with Crippen LogP contribution in [0.15, 0.2) is 46.5 Å². The predicted octanol–water partition coefficient (Wildman–Crippen LogP) is 2.09. The second-order valence-corrected chi connectivity index (χ2v) is 3.83. The van der Waals surface area contributed by atoms with E-state index in [1.54, 1.807) is 24.5 Å². The van der Waals surface area contributed by atoms with Gasteiger partial charge < -0.3 is 0 Å². The summed E-state index contributed by atoms with van der Waals surface area (Å²) >= 11 is 1.30. The Hall–Kier alpha value is -1.62. The first-order valence-corrected chi connectivity index (χ1v) is 5.83. The zero-order chi connectivity index (χ0) is 11.5. The standard InChI is InChI=1S/C11H9FN2OS/c1-16-11-13-7-6-10(15)14(11)9-5-3-2-4-8(9)12/h2-7H,1H3. The summed E-state index contributed by atoms with van der Waals surface area (Å²) in [6, 6.07) is 7.45. The Morgan fingerprint density at radius 1 is 1.31 bits per heavy atom. The Bertz CT molecular complexity index is 568. The molecule has 3 nitrogen and oxygen atoms in total. The van der Waals surface area contributed by atoms with Gasteiger partial charge in [-0.3, -0.25) is 9.36 Å². The molecule has 1 aromatic carbocycles. The number of nitrogens with zero attached hydrogens (tertiary/aromatic N) is 2. The van der Waals surface area contributed by atoms with Gasteiger partial charge in [0.2, 0.25) is 0 Å². The lowest BCUT2D eigenvalue weighted by molar-refractivity contribution is 0.606. The molecule has 0 unspecified atom stereocenters. The Balaban J connectivity index is 2.73. The average Bonchev–Trinajstić information content (AvgIpc) is 2.30. The van der Waals surface area contributed by atoms with E-state index in [0.29, 0.717) is 5.16 Å². The van der Waals surface area contributed by atoms with Crippen molar-refractivity contribution in [1.29, 1.82) is 0 Å². The topological polar surface area (TPSA) is 34.9 Å². The van der Waals surface area contributed by atoms with Crippen LogP contribution in [0.5, 0.6) is 0 Å². The minimum absolute atomic E-state index is 0.227. The van der Waals surface area contributed by atoms with E-state index in [1.807, 2.05) is 0 Å². The van der Waals surface area contributed by atoms with E-state index < -0.39 is 5.82 Å². The van der Waals surface area contributed by atoms with E-state index in [0.717, 1.165) is 0 Å². The van der Waals surface area contributed by atoms with E-state index in [4.69, 9.17) is 0 Å². The van der Waals surface area contributed by atoms with Crippen LogP contribution in [0.1, 0.15) is 0 Å². The van der Waals surface area contributed by atoms with Gasteiger partial charge in [-0.2, -0.15) is 0 Å². The summed E-state index contributed by atoms with van der Waals surface area (Å²) in [4.78, 5) is 15.7. The Kier molecular flexibility index (Phi) is 3.05. The summed E-state index contributed by atoms with van der Waals surface area (Å²) in [7, 11) is 0. The van der Waals surface area contributed by atoms with Gasteiger partial charge in [0.05, 0.1) is 5.69 Å². The van der Waals surface area contributed by atoms with Gasteiger partial charge in [0, 0.05) is 12.3 Å². The minimum atomic E-state index is -0.437. The highest BCUT2D eigenvalue weighted by Gasteiger charge is 2.09. The molecule has 1 aromatic heterocycles.